The molecule has 4 aromatic rings. The number of thioether (sulfide) groups is 1. The third-order valence-corrected chi connectivity index (χ3v) is 5.82. The number of rotatable bonds is 6. The zero-order valence-corrected chi connectivity index (χ0v) is 16.4. The molecule has 1 atom stereocenters. The van der Waals surface area contributed by atoms with E-state index in [1.165, 1.54) is 10.8 Å². The first kappa shape index (κ1) is 18.4. The minimum absolute atomic E-state index is 0.0667. The van der Waals surface area contributed by atoms with Gasteiger partial charge in [-0.2, -0.15) is 0 Å². The van der Waals surface area contributed by atoms with Gasteiger partial charge in [0.15, 0.2) is 0 Å². The first-order valence-corrected chi connectivity index (χ1v) is 10.2. The number of benzene rings is 3. The molecule has 0 aliphatic heterocycles. The van der Waals surface area contributed by atoms with Crippen LogP contribution in [0, 0.1) is 0 Å². The van der Waals surface area contributed by atoms with Crippen LogP contribution in [0.5, 0.6) is 0 Å². The fourth-order valence-corrected chi connectivity index (χ4v) is 4.26. The van der Waals surface area contributed by atoms with Crippen molar-refractivity contribution < 1.29 is 9.21 Å². The van der Waals surface area contributed by atoms with E-state index in [-0.39, 0.29) is 11.9 Å². The first-order valence-electron chi connectivity index (χ1n) is 9.25. The Morgan fingerprint density at radius 1 is 0.964 bits per heavy atom. The highest BCUT2D eigenvalue weighted by molar-refractivity contribution is 7.98. The molecule has 3 nitrogen and oxygen atoms in total. The van der Waals surface area contributed by atoms with E-state index in [1.54, 1.807) is 18.0 Å². The molecule has 1 amide bonds. The van der Waals surface area contributed by atoms with Crippen molar-refractivity contribution >= 4 is 28.4 Å². The maximum atomic E-state index is 13.0. The van der Waals surface area contributed by atoms with Crippen molar-refractivity contribution in [3.05, 3.63) is 102 Å². The molecule has 0 saturated carbocycles. The van der Waals surface area contributed by atoms with Crippen LogP contribution in [0.15, 0.2) is 94.4 Å². The van der Waals surface area contributed by atoms with Crippen molar-refractivity contribution in [2.75, 3.05) is 0 Å². The van der Waals surface area contributed by atoms with Gasteiger partial charge < -0.3 is 9.73 Å². The Morgan fingerprint density at radius 2 is 1.75 bits per heavy atom. The zero-order chi connectivity index (χ0) is 19.3. The first-order chi connectivity index (χ1) is 13.7. The monoisotopic (exact) mass is 387 g/mol. The summed E-state index contributed by atoms with van der Waals surface area (Å²) in [6, 6.07) is 25.9. The fraction of sp³-hybridized carbons (Fsp3) is 0.125. The summed E-state index contributed by atoms with van der Waals surface area (Å²) < 4.78 is 5.40. The van der Waals surface area contributed by atoms with Crippen molar-refractivity contribution in [2.45, 2.75) is 23.6 Å². The van der Waals surface area contributed by atoms with E-state index in [0.29, 0.717) is 11.3 Å². The highest BCUT2D eigenvalue weighted by Gasteiger charge is 2.16. The normalized spacial score (nSPS) is 12.0. The molecule has 1 unspecified atom stereocenters. The van der Waals surface area contributed by atoms with Gasteiger partial charge in [-0.3, -0.25) is 4.79 Å². The van der Waals surface area contributed by atoms with E-state index < -0.39 is 0 Å². The van der Waals surface area contributed by atoms with Crippen molar-refractivity contribution in [3.8, 4) is 0 Å². The summed E-state index contributed by atoms with van der Waals surface area (Å²) in [7, 11) is 0. The number of carbonyl (C=O) groups is 1. The average Bonchev–Trinajstić information content (AvgIpc) is 3.25. The van der Waals surface area contributed by atoms with Gasteiger partial charge in [-0.25, -0.2) is 0 Å². The molecule has 1 aromatic heterocycles. The van der Waals surface area contributed by atoms with Crippen LogP contribution >= 0.6 is 11.8 Å². The predicted molar refractivity (Wildman–Crippen MR) is 115 cm³/mol. The number of carbonyl (C=O) groups excluding carboxylic acids is 1. The van der Waals surface area contributed by atoms with E-state index in [1.807, 2.05) is 61.5 Å². The molecular weight excluding hydrogens is 366 g/mol. The molecule has 0 aliphatic carbocycles. The molecule has 140 valence electrons. The van der Waals surface area contributed by atoms with Crippen LogP contribution in [-0.2, 0) is 5.75 Å². The number of hydrogen-bond acceptors (Lipinski definition) is 3. The minimum Gasteiger partial charge on any atom is -0.468 e. The maximum Gasteiger partial charge on any atom is 0.252 e. The van der Waals surface area contributed by atoms with Gasteiger partial charge in [-0.15, -0.1) is 11.8 Å². The molecule has 28 heavy (non-hydrogen) atoms. The second-order valence-corrected chi connectivity index (χ2v) is 7.64. The molecule has 4 heteroatoms. The van der Waals surface area contributed by atoms with Crippen LogP contribution < -0.4 is 5.32 Å². The summed E-state index contributed by atoms with van der Waals surface area (Å²) in [5.41, 5.74) is 1.80. The van der Waals surface area contributed by atoms with Gasteiger partial charge in [-0.05, 0) is 47.5 Å². The zero-order valence-electron chi connectivity index (χ0n) is 15.6. The van der Waals surface area contributed by atoms with Crippen LogP contribution in [0.25, 0.3) is 10.8 Å². The summed E-state index contributed by atoms with van der Waals surface area (Å²) in [4.78, 5) is 13.9. The lowest BCUT2D eigenvalue weighted by Crippen LogP contribution is -2.27. The molecule has 0 radical (unpaired) electrons. The summed E-state index contributed by atoms with van der Waals surface area (Å²) in [6.45, 7) is 2.03. The van der Waals surface area contributed by atoms with E-state index in [9.17, 15) is 4.79 Å². The van der Waals surface area contributed by atoms with Crippen molar-refractivity contribution in [2.24, 2.45) is 0 Å². The predicted octanol–water partition coefficient (Wildman–Crippen LogP) is 6.22. The van der Waals surface area contributed by atoms with Crippen LogP contribution in [0.1, 0.15) is 34.6 Å². The smallest absolute Gasteiger partial charge is 0.252 e. The minimum atomic E-state index is -0.0956. The lowest BCUT2D eigenvalue weighted by atomic mass is 9.99. The number of fused-ring (bicyclic) bond motifs is 1. The van der Waals surface area contributed by atoms with E-state index in [2.05, 4.69) is 29.6 Å². The van der Waals surface area contributed by atoms with Gasteiger partial charge in [0.1, 0.15) is 5.76 Å². The largest absolute Gasteiger partial charge is 0.468 e. The van der Waals surface area contributed by atoms with Crippen LogP contribution in [0.4, 0.5) is 0 Å². The Kier molecular flexibility index (Phi) is 5.49. The fourth-order valence-electron chi connectivity index (χ4n) is 3.30. The van der Waals surface area contributed by atoms with Crippen LogP contribution in [0.2, 0.25) is 0 Å². The standard InChI is InChI=1S/C24H21NO2S/c1-17(20-13-6-9-18-8-2-3-11-21(18)20)25-24(26)22-12-4-5-14-23(22)28-16-19-10-7-15-27-19/h2-15,17H,16H2,1H3,(H,25,26). The lowest BCUT2D eigenvalue weighted by molar-refractivity contribution is 0.0937. The van der Waals surface area contributed by atoms with Gasteiger partial charge in [0, 0.05) is 4.90 Å². The SMILES string of the molecule is CC(NC(=O)c1ccccc1SCc1ccco1)c1cccc2ccccc12. The Bertz CT molecular complexity index is 1080. The second-order valence-electron chi connectivity index (χ2n) is 6.63. The average molecular weight is 388 g/mol. The molecule has 0 saturated heterocycles. The third kappa shape index (κ3) is 3.97. The molecular formula is C24H21NO2S. The van der Waals surface area contributed by atoms with Crippen molar-refractivity contribution in [1.82, 2.24) is 5.32 Å². The van der Waals surface area contributed by atoms with E-state index in [0.717, 1.165) is 16.2 Å². The van der Waals surface area contributed by atoms with Crippen LogP contribution in [0.3, 0.4) is 0 Å². The van der Waals surface area contributed by atoms with Crippen molar-refractivity contribution in [1.29, 1.82) is 0 Å². The molecule has 0 bridgehead atoms. The highest BCUT2D eigenvalue weighted by atomic mass is 32.2. The van der Waals surface area contributed by atoms with Gasteiger partial charge in [0.2, 0.25) is 0 Å². The number of hydrogen-bond donors (Lipinski definition) is 1. The molecule has 0 spiro atoms. The van der Waals surface area contributed by atoms with Gasteiger partial charge in [0.05, 0.1) is 23.6 Å². The molecule has 1 N–H and O–H groups in total. The Morgan fingerprint density at radius 3 is 2.61 bits per heavy atom. The molecule has 3 aromatic carbocycles. The topological polar surface area (TPSA) is 42.2 Å². The lowest BCUT2D eigenvalue weighted by Gasteiger charge is -2.18. The van der Waals surface area contributed by atoms with Gasteiger partial charge in [0.25, 0.3) is 5.91 Å². The Hall–Kier alpha value is -2.98. The van der Waals surface area contributed by atoms with E-state index in [4.69, 9.17) is 4.42 Å². The molecule has 1 heterocycles. The maximum absolute atomic E-state index is 13.0. The Balaban J connectivity index is 1.53. The number of furan rings is 1. The summed E-state index contributed by atoms with van der Waals surface area (Å²) >= 11 is 1.60. The Labute approximate surface area is 168 Å². The van der Waals surface area contributed by atoms with Crippen molar-refractivity contribution in [3.63, 3.8) is 0 Å². The quantitative estimate of drug-likeness (QED) is 0.400. The summed E-state index contributed by atoms with van der Waals surface area (Å²) in [6.07, 6.45) is 1.67. The molecule has 0 aliphatic rings. The second kappa shape index (κ2) is 8.36. The molecule has 4 rings (SSSR count). The van der Waals surface area contributed by atoms with Gasteiger partial charge in [-0.1, -0.05) is 54.6 Å². The third-order valence-electron chi connectivity index (χ3n) is 4.72. The number of nitrogens with one attached hydrogen (secondary N) is 1. The van der Waals surface area contributed by atoms with Crippen LogP contribution in [-0.4, -0.2) is 5.91 Å². The summed E-state index contributed by atoms with van der Waals surface area (Å²) in [5.74, 6) is 1.52. The van der Waals surface area contributed by atoms with Gasteiger partial charge >= 0.3 is 0 Å². The highest BCUT2D eigenvalue weighted by Crippen LogP contribution is 2.28. The summed E-state index contributed by atoms with van der Waals surface area (Å²) in [5, 5.41) is 5.50. The van der Waals surface area contributed by atoms with E-state index >= 15 is 0 Å². The molecule has 0 fully saturated rings. The number of amides is 1.